The number of benzene rings is 2. The third kappa shape index (κ3) is 7.33. The van der Waals surface area contributed by atoms with Crippen molar-refractivity contribution in [1.82, 2.24) is 29.9 Å². The Balaban J connectivity index is 0.00000235. The molecule has 9 nitrogen and oxygen atoms in total. The molecule has 5 aromatic rings. The number of rotatable bonds is 7. The molecular weight excluding hydrogens is 811 g/mol. The van der Waals surface area contributed by atoms with Crippen molar-refractivity contribution in [3.05, 3.63) is 104 Å². The van der Waals surface area contributed by atoms with Crippen molar-refractivity contribution in [1.29, 1.82) is 0 Å². The average Bonchev–Trinajstić information content (AvgIpc) is 3.00. The Bertz CT molecular complexity index is 2000. The molecule has 0 atom stereocenters. The average molecular weight is 850 g/mol. The topological polar surface area (TPSA) is 107 Å². The molecule has 0 bridgehead atoms. The summed E-state index contributed by atoms with van der Waals surface area (Å²) in [7, 11) is 1.58. The van der Waals surface area contributed by atoms with Gasteiger partial charge in [-0.05, 0) is 79.8 Å². The zero-order valence-corrected chi connectivity index (χ0v) is 31.5. The quantitative estimate of drug-likeness (QED) is 0.162. The first-order valence-electron chi connectivity index (χ1n) is 14.7. The Kier molecular flexibility index (Phi) is 11.0. The molecule has 2 N–H and O–H groups in total. The molecule has 0 unspecified atom stereocenters. The lowest BCUT2D eigenvalue weighted by molar-refractivity contribution is 0.414. The van der Waals surface area contributed by atoms with E-state index in [0.29, 0.717) is 39.4 Å². The van der Waals surface area contributed by atoms with Gasteiger partial charge in [-0.2, -0.15) is 14.9 Å². The van der Waals surface area contributed by atoms with Gasteiger partial charge in [-0.1, -0.05) is 45.9 Å². The summed E-state index contributed by atoms with van der Waals surface area (Å²) in [5, 5.41) is 15.9. The van der Waals surface area contributed by atoms with Gasteiger partial charge < -0.3 is 10.6 Å². The first-order valence-corrected chi connectivity index (χ1v) is 21.0. The Morgan fingerprint density at radius 1 is 0.935 bits per heavy atom. The van der Waals surface area contributed by atoms with Crippen LogP contribution in [0.15, 0.2) is 70.5 Å². The fourth-order valence-electron chi connectivity index (χ4n) is 5.32. The first-order chi connectivity index (χ1) is 21.7. The van der Waals surface area contributed by atoms with Crippen LogP contribution in [0, 0.1) is 12.7 Å². The third-order valence-corrected chi connectivity index (χ3v) is 7.94. The third-order valence-electron chi connectivity index (χ3n) is 7.94. The maximum absolute atomic E-state index is 15.3. The predicted molar refractivity (Wildman–Crippen MR) is 201 cm³/mol. The van der Waals surface area contributed by atoms with Gasteiger partial charge in [0.05, 0.1) is 23.0 Å². The number of aromatic nitrogens is 5. The van der Waals surface area contributed by atoms with Gasteiger partial charge >= 0.3 is 0 Å². The highest BCUT2D eigenvalue weighted by Gasteiger charge is 2.21. The summed E-state index contributed by atoms with van der Waals surface area (Å²) in [6, 6.07) is 14.1. The van der Waals surface area contributed by atoms with Crippen LogP contribution in [0.2, 0.25) is 0 Å². The summed E-state index contributed by atoms with van der Waals surface area (Å²) in [5.41, 5.74) is 3.08. The lowest BCUT2D eigenvalue weighted by Crippen LogP contribution is -2.36. The standard InChI is InChI=1S/C34H38FN7O2.I2/c1-9-37-34(6,7)22-13-14-29(36-19-22)39-27-17-26(40-41(8)31(27)43)24-11-10-12-28(20(24)2)42-32(44)30-21(18-38-42)15-23(16-25(30)35)33(3,4)5;1-2/h10-19,37H,9H2,1-8H3,(H,36,39);. The maximum Gasteiger partial charge on any atom is 0.290 e. The summed E-state index contributed by atoms with van der Waals surface area (Å²) < 4.78 is 17.8. The van der Waals surface area contributed by atoms with Crippen molar-refractivity contribution in [3.63, 3.8) is 0 Å². The normalized spacial score (nSPS) is 11.7. The zero-order chi connectivity index (χ0) is 34.0. The molecule has 0 radical (unpaired) electrons. The molecular formula is C34H38FI2N7O2. The number of nitrogens with zero attached hydrogens (tertiary/aromatic N) is 5. The lowest BCUT2D eigenvalue weighted by atomic mass is 9.86. The second-order valence-corrected chi connectivity index (χ2v) is 12.6. The van der Waals surface area contributed by atoms with Crippen molar-refractivity contribution >= 4 is 59.5 Å². The molecule has 0 aliphatic heterocycles. The highest BCUT2D eigenvalue weighted by atomic mass is 128. The van der Waals surface area contributed by atoms with E-state index in [1.54, 1.807) is 31.4 Å². The molecule has 0 aliphatic rings. The molecule has 3 aromatic heterocycles. The van der Waals surface area contributed by atoms with Crippen LogP contribution in [0.25, 0.3) is 27.7 Å². The van der Waals surface area contributed by atoms with Crippen LogP contribution in [-0.4, -0.2) is 31.1 Å². The van der Waals surface area contributed by atoms with Gasteiger partial charge in [-0.3, -0.25) is 9.59 Å². The number of pyridine rings is 1. The predicted octanol–water partition coefficient (Wildman–Crippen LogP) is 7.65. The van der Waals surface area contributed by atoms with E-state index in [1.165, 1.54) is 21.6 Å². The van der Waals surface area contributed by atoms with Crippen molar-refractivity contribution in [2.75, 3.05) is 11.9 Å². The Morgan fingerprint density at radius 3 is 2.28 bits per heavy atom. The number of aryl methyl sites for hydroxylation is 1. The molecule has 2 aromatic carbocycles. The van der Waals surface area contributed by atoms with Crippen molar-refractivity contribution in [2.45, 2.75) is 59.4 Å². The molecule has 0 saturated carbocycles. The van der Waals surface area contributed by atoms with Gasteiger partial charge in [0.1, 0.15) is 17.3 Å². The van der Waals surface area contributed by atoms with Crippen molar-refractivity contribution < 1.29 is 4.39 Å². The summed E-state index contributed by atoms with van der Waals surface area (Å²) in [6.45, 7) is 14.9. The Hall–Kier alpha value is -3.24. The number of hydrogen-bond acceptors (Lipinski definition) is 7. The minimum atomic E-state index is -0.579. The summed E-state index contributed by atoms with van der Waals surface area (Å²) in [5.74, 6) is -0.0611. The van der Waals surface area contributed by atoms with E-state index in [-0.39, 0.29) is 21.9 Å². The highest BCUT2D eigenvalue weighted by molar-refractivity contribution is 15.0. The van der Waals surface area contributed by atoms with Gasteiger partial charge in [0, 0.05) is 67.0 Å². The minimum absolute atomic E-state index is 0.0168. The maximum atomic E-state index is 15.3. The van der Waals surface area contributed by atoms with Crippen LogP contribution in [-0.2, 0) is 18.0 Å². The van der Waals surface area contributed by atoms with Gasteiger partial charge in [0.25, 0.3) is 11.1 Å². The number of nitrogens with one attached hydrogen (secondary N) is 2. The van der Waals surface area contributed by atoms with E-state index < -0.39 is 11.4 Å². The van der Waals surface area contributed by atoms with Gasteiger partial charge in [-0.25, -0.2) is 14.1 Å². The van der Waals surface area contributed by atoms with E-state index in [9.17, 15) is 9.59 Å². The molecule has 12 heteroatoms. The highest BCUT2D eigenvalue weighted by Crippen LogP contribution is 2.29. The number of hydrogen-bond donors (Lipinski definition) is 2. The van der Waals surface area contributed by atoms with Crippen LogP contribution in [0.5, 0.6) is 0 Å². The second kappa shape index (κ2) is 14.3. The zero-order valence-electron chi connectivity index (χ0n) is 27.2. The van der Waals surface area contributed by atoms with Crippen molar-refractivity contribution in [3.8, 4) is 16.9 Å². The SMILES string of the molecule is CCNC(C)(C)c1ccc(Nc2cc(-c3cccc(-n4ncc5cc(C(C)(C)C)cc(F)c5c4=O)c3C)nn(C)c2=O)nc1.II. The summed E-state index contributed by atoms with van der Waals surface area (Å²) >= 11 is 4.24. The molecule has 5 rings (SSSR count). The van der Waals surface area contributed by atoms with Crippen LogP contribution in [0.4, 0.5) is 15.9 Å². The molecule has 0 aliphatic carbocycles. The fourth-order valence-corrected chi connectivity index (χ4v) is 5.32. The molecule has 242 valence electrons. The monoisotopic (exact) mass is 849 g/mol. The molecule has 46 heavy (non-hydrogen) atoms. The van der Waals surface area contributed by atoms with Gasteiger partial charge in [-0.15, -0.1) is 0 Å². The van der Waals surface area contributed by atoms with Gasteiger partial charge in [0.2, 0.25) is 0 Å². The molecule has 0 fully saturated rings. The van der Waals surface area contributed by atoms with Crippen LogP contribution < -0.4 is 21.8 Å². The number of fused-ring (bicyclic) bond motifs is 1. The largest absolute Gasteiger partial charge is 0.336 e. The number of anilines is 2. The van der Waals surface area contributed by atoms with E-state index in [2.05, 4.69) is 83.8 Å². The van der Waals surface area contributed by atoms with Gasteiger partial charge in [0.15, 0.2) is 0 Å². The van der Waals surface area contributed by atoms with E-state index >= 15 is 4.39 Å². The first kappa shape index (κ1) is 35.6. The van der Waals surface area contributed by atoms with Crippen LogP contribution in [0.3, 0.4) is 0 Å². The van der Waals surface area contributed by atoms with E-state index in [4.69, 9.17) is 0 Å². The van der Waals surface area contributed by atoms with E-state index in [1.807, 2.05) is 52.0 Å². The van der Waals surface area contributed by atoms with Crippen LogP contribution in [0.1, 0.15) is 58.2 Å². The van der Waals surface area contributed by atoms with Crippen molar-refractivity contribution in [2.24, 2.45) is 7.05 Å². The summed E-state index contributed by atoms with van der Waals surface area (Å²) in [6.07, 6.45) is 3.30. The smallest absolute Gasteiger partial charge is 0.290 e. The Labute approximate surface area is 291 Å². The van der Waals surface area contributed by atoms with E-state index in [0.717, 1.165) is 17.7 Å². The molecule has 0 spiro atoms. The second-order valence-electron chi connectivity index (χ2n) is 12.6. The molecule has 0 saturated heterocycles. The minimum Gasteiger partial charge on any atom is -0.336 e. The molecule has 3 heterocycles. The number of halogens is 3. The fraction of sp³-hybridized carbons (Fsp3) is 0.324. The molecule has 0 amide bonds. The summed E-state index contributed by atoms with van der Waals surface area (Å²) in [4.78, 5) is 31.1. The lowest BCUT2D eigenvalue weighted by Gasteiger charge is -2.26. The van der Waals surface area contributed by atoms with Crippen LogP contribution >= 0.6 is 37.2 Å². The Morgan fingerprint density at radius 2 is 1.65 bits per heavy atom.